The molecule has 13 nitrogen and oxygen atoms in total. The topological polar surface area (TPSA) is 210 Å². The summed E-state index contributed by atoms with van der Waals surface area (Å²) in [6.45, 7) is 3.19. The first kappa shape index (κ1) is 52.3. The standard InChI is InChI=1S/C42H77O13P/c1-3-5-7-9-11-13-15-17-18-19-21-23-25-27-29-31-36(44)54-34(32-52-35(43)30-28-26-24-22-20-16-14-12-10-8-6-4-2)33-53-56(50,51)55-42-40(48)38(46)37(45)39(47)41(42)49/h25,27,29,31,34,37-42,45-49H,3-24,26,28,30,32-33H2,1-2H3,(H,50,51)/b27-25+,31-29+/t34-,37?,38+,39?,40?,41?,42?/m1/s1. The van der Waals surface area contributed by atoms with Gasteiger partial charge in [-0.2, -0.15) is 0 Å². The summed E-state index contributed by atoms with van der Waals surface area (Å²) in [4.78, 5) is 35.4. The molecule has 6 N–H and O–H groups in total. The van der Waals surface area contributed by atoms with Crippen LogP contribution in [-0.4, -0.2) is 98.3 Å². The molecule has 0 radical (unpaired) electrons. The highest BCUT2D eigenvalue weighted by atomic mass is 31.2. The van der Waals surface area contributed by atoms with Gasteiger partial charge >= 0.3 is 19.8 Å². The molecule has 1 rings (SSSR count). The SMILES string of the molecule is CCCCCCCCCCCCC/C=C/C=C/C(=O)O[C@H](COC(=O)CCCCCCCCCCCCCC)COP(=O)(O)OC1C(O)C(O)C(O)[C@H](O)C1O. The summed E-state index contributed by atoms with van der Waals surface area (Å²) in [5.74, 6) is -1.35. The molecule has 0 spiro atoms. The molecule has 0 saturated heterocycles. The van der Waals surface area contributed by atoms with E-state index >= 15 is 0 Å². The lowest BCUT2D eigenvalue weighted by atomic mass is 9.85. The zero-order valence-electron chi connectivity index (χ0n) is 34.4. The second kappa shape index (κ2) is 33.2. The van der Waals surface area contributed by atoms with Gasteiger partial charge in [-0.25, -0.2) is 9.36 Å². The number of aliphatic hydroxyl groups is 5. The van der Waals surface area contributed by atoms with Crippen molar-refractivity contribution in [1.29, 1.82) is 0 Å². The number of esters is 2. The highest BCUT2D eigenvalue weighted by Gasteiger charge is 2.51. The zero-order valence-corrected chi connectivity index (χ0v) is 35.3. The molecule has 0 aromatic rings. The van der Waals surface area contributed by atoms with E-state index in [4.69, 9.17) is 18.5 Å². The highest BCUT2D eigenvalue weighted by Crippen LogP contribution is 2.47. The van der Waals surface area contributed by atoms with Crippen LogP contribution in [-0.2, 0) is 32.7 Å². The maximum absolute atomic E-state index is 12.8. The van der Waals surface area contributed by atoms with E-state index in [9.17, 15) is 44.6 Å². The third kappa shape index (κ3) is 25.6. The van der Waals surface area contributed by atoms with E-state index in [1.54, 1.807) is 6.08 Å². The number of phosphoric ester groups is 1. The van der Waals surface area contributed by atoms with Gasteiger partial charge in [0, 0.05) is 12.5 Å². The fourth-order valence-corrected chi connectivity index (χ4v) is 7.58. The molecule has 1 aliphatic carbocycles. The Bertz CT molecular complexity index is 1090. The summed E-state index contributed by atoms with van der Waals surface area (Å²) in [5, 5.41) is 50.0. The van der Waals surface area contributed by atoms with Gasteiger partial charge in [-0.05, 0) is 19.3 Å². The normalized spacial score (nSPS) is 23.1. The highest BCUT2D eigenvalue weighted by molar-refractivity contribution is 7.47. The number of carbonyl (C=O) groups excluding carboxylic acids is 2. The summed E-state index contributed by atoms with van der Waals surface area (Å²) >= 11 is 0. The van der Waals surface area contributed by atoms with Gasteiger partial charge in [0.2, 0.25) is 0 Å². The van der Waals surface area contributed by atoms with Crippen LogP contribution >= 0.6 is 7.82 Å². The van der Waals surface area contributed by atoms with Crippen molar-refractivity contribution in [3.05, 3.63) is 24.3 Å². The number of unbranched alkanes of at least 4 members (excludes halogenated alkanes) is 22. The third-order valence-electron chi connectivity index (χ3n) is 10.2. The van der Waals surface area contributed by atoms with Gasteiger partial charge in [-0.1, -0.05) is 167 Å². The first-order valence-corrected chi connectivity index (χ1v) is 23.2. The first-order chi connectivity index (χ1) is 26.9. The van der Waals surface area contributed by atoms with Crippen molar-refractivity contribution < 1.29 is 63.1 Å². The Hall–Kier alpha value is -1.67. The molecule has 0 heterocycles. The van der Waals surface area contributed by atoms with E-state index in [-0.39, 0.29) is 6.42 Å². The van der Waals surface area contributed by atoms with Crippen LogP contribution < -0.4 is 0 Å². The average molecular weight is 821 g/mol. The molecular formula is C42H77O13P. The molecule has 1 saturated carbocycles. The molecule has 8 atom stereocenters. The first-order valence-electron chi connectivity index (χ1n) is 21.7. The Morgan fingerprint density at radius 2 is 1.02 bits per heavy atom. The van der Waals surface area contributed by atoms with Gasteiger partial charge in [0.05, 0.1) is 6.61 Å². The van der Waals surface area contributed by atoms with Crippen molar-refractivity contribution >= 4 is 19.8 Å². The minimum absolute atomic E-state index is 0.151. The Kier molecular flexibility index (Phi) is 31.0. The van der Waals surface area contributed by atoms with Crippen LogP contribution in [0.2, 0.25) is 0 Å². The fraction of sp³-hybridized carbons (Fsp3) is 0.857. The van der Waals surface area contributed by atoms with Crippen LogP contribution in [0.4, 0.5) is 0 Å². The second-order valence-corrected chi connectivity index (χ2v) is 16.7. The number of allylic oxidation sites excluding steroid dienone is 3. The number of hydrogen-bond donors (Lipinski definition) is 6. The molecule has 0 aliphatic heterocycles. The van der Waals surface area contributed by atoms with Crippen molar-refractivity contribution in [2.75, 3.05) is 13.2 Å². The van der Waals surface area contributed by atoms with Crippen molar-refractivity contribution in [2.24, 2.45) is 0 Å². The lowest BCUT2D eigenvalue weighted by Crippen LogP contribution is -2.64. The Labute approximate surface area is 336 Å². The lowest BCUT2D eigenvalue weighted by molar-refractivity contribution is -0.220. The molecule has 0 aromatic heterocycles. The summed E-state index contributed by atoms with van der Waals surface area (Å²) in [6.07, 6.45) is 21.6. The van der Waals surface area contributed by atoms with Crippen LogP contribution in [0.3, 0.4) is 0 Å². The van der Waals surface area contributed by atoms with Gasteiger partial charge in [-0.3, -0.25) is 13.8 Å². The third-order valence-corrected chi connectivity index (χ3v) is 11.1. The number of ether oxygens (including phenoxy) is 2. The van der Waals surface area contributed by atoms with Crippen LogP contribution in [0, 0.1) is 0 Å². The number of carbonyl (C=O) groups is 2. The maximum atomic E-state index is 12.8. The monoisotopic (exact) mass is 821 g/mol. The molecule has 0 amide bonds. The second-order valence-electron chi connectivity index (χ2n) is 15.3. The van der Waals surface area contributed by atoms with Crippen LogP contribution in [0.15, 0.2) is 24.3 Å². The van der Waals surface area contributed by atoms with Gasteiger partial charge in [0.25, 0.3) is 0 Å². The van der Waals surface area contributed by atoms with E-state index < -0.39 is 75.7 Å². The van der Waals surface area contributed by atoms with E-state index in [1.807, 2.05) is 6.08 Å². The van der Waals surface area contributed by atoms with Crippen molar-refractivity contribution in [3.63, 3.8) is 0 Å². The Morgan fingerprint density at radius 1 is 0.589 bits per heavy atom. The molecule has 56 heavy (non-hydrogen) atoms. The minimum Gasteiger partial charge on any atom is -0.462 e. The van der Waals surface area contributed by atoms with Crippen molar-refractivity contribution in [1.82, 2.24) is 0 Å². The summed E-state index contributed by atoms with van der Waals surface area (Å²) < 4.78 is 33.2. The van der Waals surface area contributed by atoms with E-state index in [0.29, 0.717) is 6.42 Å². The predicted molar refractivity (Wildman–Crippen MR) is 217 cm³/mol. The molecule has 328 valence electrons. The van der Waals surface area contributed by atoms with Crippen LogP contribution in [0.1, 0.15) is 174 Å². The van der Waals surface area contributed by atoms with E-state index in [1.165, 1.54) is 115 Å². The van der Waals surface area contributed by atoms with Gasteiger partial charge < -0.3 is 39.9 Å². The molecule has 14 heteroatoms. The van der Waals surface area contributed by atoms with Gasteiger partial charge in [-0.15, -0.1) is 0 Å². The summed E-state index contributed by atoms with van der Waals surface area (Å²) in [7, 11) is -5.13. The van der Waals surface area contributed by atoms with Gasteiger partial charge in [0.15, 0.2) is 6.10 Å². The average Bonchev–Trinajstić information content (AvgIpc) is 3.18. The molecular weight excluding hydrogens is 743 g/mol. The molecule has 6 unspecified atom stereocenters. The number of aliphatic hydroxyl groups excluding tert-OH is 5. The lowest BCUT2D eigenvalue weighted by Gasteiger charge is -2.41. The van der Waals surface area contributed by atoms with E-state index in [0.717, 1.165) is 44.6 Å². The fourth-order valence-electron chi connectivity index (χ4n) is 6.61. The Morgan fingerprint density at radius 3 is 1.50 bits per heavy atom. The van der Waals surface area contributed by atoms with Crippen LogP contribution in [0.5, 0.6) is 0 Å². The van der Waals surface area contributed by atoms with E-state index in [2.05, 4.69) is 13.8 Å². The number of rotatable bonds is 35. The number of phosphoric acid groups is 1. The smallest absolute Gasteiger partial charge is 0.462 e. The quantitative estimate of drug-likeness (QED) is 0.0119. The van der Waals surface area contributed by atoms with Crippen LogP contribution in [0.25, 0.3) is 0 Å². The van der Waals surface area contributed by atoms with Crippen molar-refractivity contribution in [3.8, 4) is 0 Å². The summed E-state index contributed by atoms with van der Waals surface area (Å²) in [6, 6.07) is 0. The molecule has 0 bridgehead atoms. The predicted octanol–water partition coefficient (Wildman–Crippen LogP) is 7.67. The molecule has 1 fully saturated rings. The maximum Gasteiger partial charge on any atom is 0.472 e. The molecule has 1 aliphatic rings. The zero-order chi connectivity index (χ0) is 41.4. The number of hydrogen-bond acceptors (Lipinski definition) is 12. The largest absolute Gasteiger partial charge is 0.472 e. The molecule has 0 aromatic carbocycles. The van der Waals surface area contributed by atoms with Crippen molar-refractivity contribution in [2.45, 2.75) is 217 Å². The van der Waals surface area contributed by atoms with Gasteiger partial charge in [0.1, 0.15) is 43.2 Å². The minimum atomic E-state index is -5.13. The Balaban J connectivity index is 2.55. The summed E-state index contributed by atoms with van der Waals surface area (Å²) in [5.41, 5.74) is 0.